The van der Waals surface area contributed by atoms with E-state index < -0.39 is 6.10 Å². The van der Waals surface area contributed by atoms with Crippen LogP contribution in [0.15, 0.2) is 23.7 Å². The zero-order chi connectivity index (χ0) is 12.3. The number of anilines is 1. The van der Waals surface area contributed by atoms with Gasteiger partial charge in [0.1, 0.15) is 5.82 Å². The number of hydrogen-bond donors (Lipinski definition) is 2. The number of hydrogen-bond acceptors (Lipinski definition) is 5. The SMILES string of the molecule is Cc1csc(CC(O)Cc2ccnc(N)c2)n1. The number of thiazole rings is 1. The van der Waals surface area contributed by atoms with Crippen molar-refractivity contribution in [2.45, 2.75) is 25.9 Å². The maximum Gasteiger partial charge on any atom is 0.123 e. The molecule has 5 heteroatoms. The molecule has 0 bridgehead atoms. The number of aliphatic hydroxyl groups is 1. The molecule has 2 heterocycles. The van der Waals surface area contributed by atoms with Crippen LogP contribution in [0, 0.1) is 6.92 Å². The Bertz CT molecular complexity index is 498. The number of nitrogen functional groups attached to an aromatic ring is 1. The highest BCUT2D eigenvalue weighted by Gasteiger charge is 2.09. The van der Waals surface area contributed by atoms with Crippen molar-refractivity contribution in [2.24, 2.45) is 0 Å². The van der Waals surface area contributed by atoms with Gasteiger partial charge in [0.25, 0.3) is 0 Å². The van der Waals surface area contributed by atoms with Crippen LogP contribution in [0.5, 0.6) is 0 Å². The Kier molecular flexibility index (Phi) is 3.71. The molecule has 0 aromatic carbocycles. The summed E-state index contributed by atoms with van der Waals surface area (Å²) in [6.07, 6.45) is 2.39. The molecule has 2 aromatic heterocycles. The van der Waals surface area contributed by atoms with Crippen LogP contribution in [0.1, 0.15) is 16.3 Å². The smallest absolute Gasteiger partial charge is 0.123 e. The van der Waals surface area contributed by atoms with Gasteiger partial charge in [-0.15, -0.1) is 11.3 Å². The number of pyridine rings is 1. The van der Waals surface area contributed by atoms with Crippen LogP contribution in [-0.4, -0.2) is 21.2 Å². The van der Waals surface area contributed by atoms with Crippen molar-refractivity contribution in [2.75, 3.05) is 5.73 Å². The van der Waals surface area contributed by atoms with E-state index in [-0.39, 0.29) is 0 Å². The lowest BCUT2D eigenvalue weighted by atomic mass is 10.1. The van der Waals surface area contributed by atoms with Crippen molar-refractivity contribution >= 4 is 17.2 Å². The van der Waals surface area contributed by atoms with E-state index in [0.717, 1.165) is 16.3 Å². The Morgan fingerprint density at radius 3 is 2.94 bits per heavy atom. The summed E-state index contributed by atoms with van der Waals surface area (Å²) in [6, 6.07) is 3.66. The fraction of sp³-hybridized carbons (Fsp3) is 0.333. The predicted octanol–water partition coefficient (Wildman–Crippen LogP) is 1.57. The van der Waals surface area contributed by atoms with Crippen molar-refractivity contribution in [3.05, 3.63) is 40.0 Å². The quantitative estimate of drug-likeness (QED) is 0.863. The molecule has 2 aromatic rings. The van der Waals surface area contributed by atoms with Crippen LogP contribution in [-0.2, 0) is 12.8 Å². The zero-order valence-electron chi connectivity index (χ0n) is 9.63. The molecule has 0 aliphatic rings. The summed E-state index contributed by atoms with van der Waals surface area (Å²) in [5.74, 6) is 0.486. The van der Waals surface area contributed by atoms with E-state index in [1.54, 1.807) is 23.6 Å². The minimum atomic E-state index is -0.428. The highest BCUT2D eigenvalue weighted by Crippen LogP contribution is 2.14. The van der Waals surface area contributed by atoms with E-state index in [1.165, 1.54) is 0 Å². The lowest BCUT2D eigenvalue weighted by Crippen LogP contribution is -2.14. The second-order valence-corrected chi connectivity index (χ2v) is 4.98. The van der Waals surface area contributed by atoms with E-state index in [1.807, 2.05) is 18.4 Å². The lowest BCUT2D eigenvalue weighted by Gasteiger charge is -2.08. The van der Waals surface area contributed by atoms with Crippen LogP contribution in [0.2, 0.25) is 0 Å². The molecule has 0 fully saturated rings. The molecule has 0 saturated heterocycles. The van der Waals surface area contributed by atoms with E-state index in [2.05, 4.69) is 9.97 Å². The minimum absolute atomic E-state index is 0.428. The average molecular weight is 249 g/mol. The fourth-order valence-corrected chi connectivity index (χ4v) is 2.51. The van der Waals surface area contributed by atoms with Gasteiger partial charge in [0.05, 0.1) is 11.1 Å². The molecule has 1 atom stereocenters. The molecule has 0 saturated carbocycles. The molecule has 1 unspecified atom stereocenters. The normalized spacial score (nSPS) is 12.6. The number of aromatic nitrogens is 2. The van der Waals surface area contributed by atoms with E-state index >= 15 is 0 Å². The molecule has 17 heavy (non-hydrogen) atoms. The van der Waals surface area contributed by atoms with E-state index in [9.17, 15) is 5.11 Å². The van der Waals surface area contributed by atoms with Gasteiger partial charge < -0.3 is 10.8 Å². The number of rotatable bonds is 4. The summed E-state index contributed by atoms with van der Waals surface area (Å²) in [4.78, 5) is 8.25. The molecule has 0 radical (unpaired) electrons. The zero-order valence-corrected chi connectivity index (χ0v) is 10.4. The Balaban J connectivity index is 1.95. The summed E-state index contributed by atoms with van der Waals surface area (Å²) >= 11 is 1.58. The van der Waals surface area contributed by atoms with Crippen molar-refractivity contribution in [3.8, 4) is 0 Å². The molecule has 0 spiro atoms. The highest BCUT2D eigenvalue weighted by molar-refractivity contribution is 7.09. The van der Waals surface area contributed by atoms with Crippen LogP contribution in [0.4, 0.5) is 5.82 Å². The molecule has 3 N–H and O–H groups in total. The topological polar surface area (TPSA) is 72.0 Å². The van der Waals surface area contributed by atoms with Gasteiger partial charge >= 0.3 is 0 Å². The van der Waals surface area contributed by atoms with Gasteiger partial charge in [-0.25, -0.2) is 9.97 Å². The van der Waals surface area contributed by atoms with Gasteiger partial charge in [-0.1, -0.05) is 0 Å². The van der Waals surface area contributed by atoms with Gasteiger partial charge in [-0.3, -0.25) is 0 Å². The molecule has 0 aliphatic carbocycles. The van der Waals surface area contributed by atoms with Crippen LogP contribution in [0.25, 0.3) is 0 Å². The molecule has 4 nitrogen and oxygen atoms in total. The predicted molar refractivity (Wildman–Crippen MR) is 68.9 cm³/mol. The minimum Gasteiger partial charge on any atom is -0.392 e. The first kappa shape index (κ1) is 12.0. The van der Waals surface area contributed by atoms with Crippen molar-refractivity contribution in [1.29, 1.82) is 0 Å². The number of nitrogens with two attached hydrogens (primary N) is 1. The third-order valence-corrected chi connectivity index (χ3v) is 3.38. The van der Waals surface area contributed by atoms with Crippen LogP contribution < -0.4 is 5.73 Å². The summed E-state index contributed by atoms with van der Waals surface area (Å²) in [7, 11) is 0. The number of aryl methyl sites for hydroxylation is 1. The maximum absolute atomic E-state index is 9.96. The molecule has 0 aliphatic heterocycles. The lowest BCUT2D eigenvalue weighted by molar-refractivity contribution is 0.175. The molecule has 0 amide bonds. The monoisotopic (exact) mass is 249 g/mol. The third-order valence-electron chi connectivity index (χ3n) is 2.39. The van der Waals surface area contributed by atoms with Crippen LogP contribution in [0.3, 0.4) is 0 Å². The number of aliphatic hydroxyl groups excluding tert-OH is 1. The van der Waals surface area contributed by atoms with E-state index in [4.69, 9.17) is 5.73 Å². The summed E-state index contributed by atoms with van der Waals surface area (Å²) in [6.45, 7) is 1.95. The molecule has 2 rings (SSSR count). The largest absolute Gasteiger partial charge is 0.392 e. The van der Waals surface area contributed by atoms with Gasteiger partial charge in [0.2, 0.25) is 0 Å². The average Bonchev–Trinajstić information content (AvgIpc) is 2.63. The first-order chi connectivity index (χ1) is 8.13. The fourth-order valence-electron chi connectivity index (χ4n) is 1.66. The second kappa shape index (κ2) is 5.25. The van der Waals surface area contributed by atoms with Crippen molar-refractivity contribution < 1.29 is 5.11 Å². The van der Waals surface area contributed by atoms with Crippen molar-refractivity contribution in [3.63, 3.8) is 0 Å². The first-order valence-electron chi connectivity index (χ1n) is 5.43. The van der Waals surface area contributed by atoms with Gasteiger partial charge in [-0.05, 0) is 31.0 Å². The Morgan fingerprint density at radius 1 is 1.47 bits per heavy atom. The highest BCUT2D eigenvalue weighted by atomic mass is 32.1. The van der Waals surface area contributed by atoms with E-state index in [0.29, 0.717) is 18.7 Å². The third kappa shape index (κ3) is 3.51. The first-order valence-corrected chi connectivity index (χ1v) is 6.31. The standard InChI is InChI=1S/C12H15N3OS/c1-8-7-17-12(15-8)6-10(16)4-9-2-3-14-11(13)5-9/h2-3,5,7,10,16H,4,6H2,1H3,(H2,13,14). The molecular formula is C12H15N3OS. The van der Waals surface area contributed by atoms with Gasteiger partial charge in [-0.2, -0.15) is 0 Å². The Labute approximate surface area is 104 Å². The Hall–Kier alpha value is -1.46. The van der Waals surface area contributed by atoms with Crippen LogP contribution >= 0.6 is 11.3 Å². The second-order valence-electron chi connectivity index (χ2n) is 4.03. The maximum atomic E-state index is 9.96. The molecular weight excluding hydrogens is 234 g/mol. The summed E-state index contributed by atoms with van der Waals surface area (Å²) < 4.78 is 0. The summed E-state index contributed by atoms with van der Waals surface area (Å²) in [5, 5.41) is 12.9. The summed E-state index contributed by atoms with van der Waals surface area (Å²) in [5.41, 5.74) is 7.59. The van der Waals surface area contributed by atoms with Crippen molar-refractivity contribution in [1.82, 2.24) is 9.97 Å². The Morgan fingerprint density at radius 2 is 2.29 bits per heavy atom. The number of nitrogens with zero attached hydrogens (tertiary/aromatic N) is 2. The van der Waals surface area contributed by atoms with Gasteiger partial charge in [0.15, 0.2) is 0 Å². The molecule has 90 valence electrons. The van der Waals surface area contributed by atoms with Gasteiger partial charge in [0, 0.05) is 23.7 Å².